The minimum Gasteiger partial charge on any atom is -0.388 e. The molecule has 0 fully saturated rings. The fourth-order valence-corrected chi connectivity index (χ4v) is 3.30. The van der Waals surface area contributed by atoms with Gasteiger partial charge in [-0.15, -0.1) is 4.91 Å². The van der Waals surface area contributed by atoms with Crippen molar-refractivity contribution in [3.05, 3.63) is 107 Å². The summed E-state index contributed by atoms with van der Waals surface area (Å²) in [4.78, 5) is 24.6. The molecule has 0 unspecified atom stereocenters. The number of allylic oxidation sites excluding steroid dienone is 3. The summed E-state index contributed by atoms with van der Waals surface area (Å²) in [5, 5.41) is 23.5. The van der Waals surface area contributed by atoms with Crippen LogP contribution in [0.15, 0.2) is 89.8 Å². The van der Waals surface area contributed by atoms with Crippen LogP contribution in [-0.4, -0.2) is 22.2 Å². The van der Waals surface area contributed by atoms with Crippen molar-refractivity contribution in [1.82, 2.24) is 0 Å². The summed E-state index contributed by atoms with van der Waals surface area (Å²) in [6, 6.07) is 10.1. The number of amides is 1. The molecule has 32 heavy (non-hydrogen) atoms. The molecule has 3 rings (SSSR count). The molecule has 0 aromatic heterocycles. The first-order valence-corrected chi connectivity index (χ1v) is 10.00. The minimum atomic E-state index is -0.952. The molecule has 166 valence electrons. The quantitative estimate of drug-likeness (QED) is 0.466. The first kappa shape index (κ1) is 23.2. The number of halogens is 2. The Morgan fingerprint density at radius 2 is 1.56 bits per heavy atom. The molecule has 1 aliphatic carbocycles. The van der Waals surface area contributed by atoms with E-state index in [1.165, 1.54) is 48.6 Å². The van der Waals surface area contributed by atoms with E-state index in [-0.39, 0.29) is 18.5 Å². The van der Waals surface area contributed by atoms with Gasteiger partial charge in [0.25, 0.3) is 5.91 Å². The maximum atomic E-state index is 13.2. The molecule has 1 amide bonds. The van der Waals surface area contributed by atoms with Gasteiger partial charge >= 0.3 is 0 Å². The molecule has 0 saturated heterocycles. The van der Waals surface area contributed by atoms with Crippen LogP contribution in [0.3, 0.4) is 0 Å². The SMILES string of the molecule is O=NN(C(=O)[C@@H](C=C1C=CC(O)C=C1)CC[C@H](O)c1ccc(F)cc1)c1ccc(F)cc1. The average Bonchev–Trinajstić information content (AvgIpc) is 2.79. The van der Waals surface area contributed by atoms with E-state index >= 15 is 0 Å². The Hall–Kier alpha value is -3.49. The fourth-order valence-electron chi connectivity index (χ4n) is 3.30. The first-order valence-electron chi connectivity index (χ1n) is 10.00. The van der Waals surface area contributed by atoms with Crippen molar-refractivity contribution in [2.45, 2.75) is 25.0 Å². The first-order chi connectivity index (χ1) is 15.4. The topological polar surface area (TPSA) is 90.2 Å². The van der Waals surface area contributed by atoms with E-state index in [0.717, 1.165) is 12.1 Å². The van der Waals surface area contributed by atoms with Crippen LogP contribution in [0, 0.1) is 22.5 Å². The highest BCUT2D eigenvalue weighted by atomic mass is 19.1. The Bertz CT molecular complexity index is 1020. The van der Waals surface area contributed by atoms with Gasteiger partial charge in [-0.25, -0.2) is 8.78 Å². The maximum absolute atomic E-state index is 13.2. The van der Waals surface area contributed by atoms with E-state index in [1.807, 2.05) is 0 Å². The molecule has 0 bridgehead atoms. The molecule has 8 heteroatoms. The number of aliphatic hydroxyl groups is 2. The second-order valence-electron chi connectivity index (χ2n) is 7.33. The van der Waals surface area contributed by atoms with Crippen molar-refractivity contribution in [3.63, 3.8) is 0 Å². The van der Waals surface area contributed by atoms with E-state index in [2.05, 4.69) is 5.29 Å². The molecular weight excluding hydrogens is 418 g/mol. The summed E-state index contributed by atoms with van der Waals surface area (Å²) in [5.74, 6) is -2.46. The lowest BCUT2D eigenvalue weighted by molar-refractivity contribution is -0.121. The summed E-state index contributed by atoms with van der Waals surface area (Å²) >= 11 is 0. The molecule has 1 aliphatic rings. The Labute approximate surface area is 183 Å². The zero-order chi connectivity index (χ0) is 23.1. The minimum absolute atomic E-state index is 0.110. The predicted molar refractivity (Wildman–Crippen MR) is 116 cm³/mol. The lowest BCUT2D eigenvalue weighted by Gasteiger charge is -2.21. The highest BCUT2D eigenvalue weighted by molar-refractivity contribution is 5.95. The van der Waals surface area contributed by atoms with Gasteiger partial charge in [-0.05, 0) is 60.4 Å². The molecule has 2 atom stereocenters. The van der Waals surface area contributed by atoms with Crippen molar-refractivity contribution in [2.75, 3.05) is 5.01 Å². The van der Waals surface area contributed by atoms with Gasteiger partial charge in [-0.1, -0.05) is 42.5 Å². The Balaban J connectivity index is 1.83. The molecule has 2 N–H and O–H groups in total. The standard InChI is InChI=1S/C24H22F2N2O4/c25-19-6-3-17(4-7-19)23(30)14-5-18(15-16-1-12-22(29)13-2-16)24(31)28(27-32)21-10-8-20(26)9-11-21/h1-4,6-13,15,18,22-23,29-30H,5,14H2/t18-,22?,23+/m1/s1. The van der Waals surface area contributed by atoms with Gasteiger partial charge in [-0.2, -0.15) is 5.01 Å². The van der Waals surface area contributed by atoms with Crippen LogP contribution in [0.5, 0.6) is 0 Å². The number of nitrogens with zero attached hydrogens (tertiary/aromatic N) is 2. The van der Waals surface area contributed by atoms with Crippen LogP contribution in [0.1, 0.15) is 24.5 Å². The molecule has 0 saturated carbocycles. The number of anilines is 1. The van der Waals surface area contributed by atoms with E-state index in [4.69, 9.17) is 0 Å². The second kappa shape index (κ2) is 10.7. The molecule has 2 aromatic rings. The smallest absolute Gasteiger partial charge is 0.256 e. The molecule has 0 heterocycles. The summed E-state index contributed by atoms with van der Waals surface area (Å²) in [5.41, 5.74) is 1.24. The second-order valence-corrected chi connectivity index (χ2v) is 7.33. The van der Waals surface area contributed by atoms with Crippen LogP contribution in [0.2, 0.25) is 0 Å². The number of hydrogen-bond acceptors (Lipinski definition) is 5. The van der Waals surface area contributed by atoms with Gasteiger partial charge in [0.1, 0.15) is 11.6 Å². The summed E-state index contributed by atoms with van der Waals surface area (Å²) in [6.45, 7) is 0. The van der Waals surface area contributed by atoms with E-state index in [9.17, 15) is 28.7 Å². The van der Waals surface area contributed by atoms with Crippen LogP contribution < -0.4 is 5.01 Å². The van der Waals surface area contributed by atoms with Crippen molar-refractivity contribution in [1.29, 1.82) is 0 Å². The molecule has 6 nitrogen and oxygen atoms in total. The Morgan fingerprint density at radius 3 is 2.12 bits per heavy atom. The number of aliphatic hydroxyl groups excluding tert-OH is 2. The lowest BCUT2D eigenvalue weighted by atomic mass is 9.93. The van der Waals surface area contributed by atoms with Crippen LogP contribution in [0.25, 0.3) is 0 Å². The van der Waals surface area contributed by atoms with E-state index < -0.39 is 35.7 Å². The number of benzene rings is 2. The summed E-state index contributed by atoms with van der Waals surface area (Å²) in [7, 11) is 0. The van der Waals surface area contributed by atoms with Crippen LogP contribution in [0.4, 0.5) is 14.5 Å². The van der Waals surface area contributed by atoms with E-state index in [1.54, 1.807) is 18.2 Å². The predicted octanol–water partition coefficient (Wildman–Crippen LogP) is 4.52. The van der Waals surface area contributed by atoms with Crippen molar-refractivity contribution < 1.29 is 23.8 Å². The normalized spacial score (nSPS) is 17.0. The maximum Gasteiger partial charge on any atom is 0.256 e. The number of rotatable bonds is 8. The largest absolute Gasteiger partial charge is 0.388 e. The Morgan fingerprint density at radius 1 is 1.00 bits per heavy atom. The average molecular weight is 440 g/mol. The third-order valence-electron chi connectivity index (χ3n) is 5.05. The van der Waals surface area contributed by atoms with Crippen LogP contribution in [-0.2, 0) is 4.79 Å². The van der Waals surface area contributed by atoms with Gasteiger partial charge in [0, 0.05) is 0 Å². The third-order valence-corrected chi connectivity index (χ3v) is 5.05. The highest BCUT2D eigenvalue weighted by Gasteiger charge is 2.26. The lowest BCUT2D eigenvalue weighted by Crippen LogP contribution is -2.31. The molecule has 0 aliphatic heterocycles. The number of nitroso groups, excluding NO2 is 1. The fraction of sp³-hybridized carbons (Fsp3) is 0.208. The number of carbonyl (C=O) groups excluding carboxylic acids is 1. The summed E-state index contributed by atoms with van der Waals surface area (Å²) < 4.78 is 26.4. The molecule has 2 aromatic carbocycles. The van der Waals surface area contributed by atoms with Crippen LogP contribution >= 0.6 is 0 Å². The van der Waals surface area contributed by atoms with Gasteiger partial charge in [0.05, 0.1) is 29.1 Å². The zero-order valence-electron chi connectivity index (χ0n) is 17.0. The molecule has 0 spiro atoms. The number of hydrogen-bond donors (Lipinski definition) is 2. The molecule has 0 radical (unpaired) electrons. The number of carbonyl (C=O) groups is 1. The van der Waals surface area contributed by atoms with Gasteiger partial charge in [0.2, 0.25) is 0 Å². The monoisotopic (exact) mass is 440 g/mol. The Kier molecular flexibility index (Phi) is 7.75. The van der Waals surface area contributed by atoms with Gasteiger partial charge < -0.3 is 10.2 Å². The van der Waals surface area contributed by atoms with Crippen molar-refractivity contribution in [3.8, 4) is 0 Å². The highest BCUT2D eigenvalue weighted by Crippen LogP contribution is 2.27. The summed E-state index contributed by atoms with van der Waals surface area (Å²) in [6.07, 6.45) is 6.58. The molecular formula is C24H22F2N2O4. The van der Waals surface area contributed by atoms with E-state index in [0.29, 0.717) is 16.1 Å². The van der Waals surface area contributed by atoms with Gasteiger partial charge in [0.15, 0.2) is 0 Å². The third kappa shape index (κ3) is 6.03. The van der Waals surface area contributed by atoms with Crippen molar-refractivity contribution in [2.24, 2.45) is 11.2 Å². The zero-order valence-corrected chi connectivity index (χ0v) is 17.0. The van der Waals surface area contributed by atoms with Gasteiger partial charge in [-0.3, -0.25) is 4.79 Å². The van der Waals surface area contributed by atoms with Crippen molar-refractivity contribution >= 4 is 11.6 Å².